The zero-order chi connectivity index (χ0) is 9.56. The Balaban J connectivity index is 3.20. The van der Waals surface area contributed by atoms with Gasteiger partial charge in [-0.3, -0.25) is 0 Å². The summed E-state index contributed by atoms with van der Waals surface area (Å²) >= 11 is 0. The fraction of sp³-hybridized carbons (Fsp3) is 1.00. The standard InChI is InChI=1S/C8H20N2O2/c1-6(2)10-5-3-4-7(9)8(11)12/h6-8,10-12H,3-5,9H2,1-2H3/t7-/m1/s1. The van der Waals surface area contributed by atoms with Crippen molar-refractivity contribution in [3.8, 4) is 0 Å². The number of nitrogens with one attached hydrogen (secondary N) is 1. The predicted octanol–water partition coefficient (Wildman–Crippen LogP) is -0.597. The van der Waals surface area contributed by atoms with Gasteiger partial charge in [0.1, 0.15) is 0 Å². The maximum Gasteiger partial charge on any atom is 0.166 e. The van der Waals surface area contributed by atoms with Crippen LogP contribution in [0.2, 0.25) is 0 Å². The third-order valence-electron chi connectivity index (χ3n) is 1.65. The highest BCUT2D eigenvalue weighted by Gasteiger charge is 2.09. The van der Waals surface area contributed by atoms with E-state index < -0.39 is 12.3 Å². The molecule has 0 spiro atoms. The lowest BCUT2D eigenvalue weighted by molar-refractivity contribution is -0.0598. The second kappa shape index (κ2) is 6.37. The topological polar surface area (TPSA) is 78.5 Å². The molecule has 0 heterocycles. The van der Waals surface area contributed by atoms with E-state index >= 15 is 0 Å². The van der Waals surface area contributed by atoms with Crippen molar-refractivity contribution in [3.05, 3.63) is 0 Å². The van der Waals surface area contributed by atoms with Crippen molar-refractivity contribution < 1.29 is 10.2 Å². The maximum absolute atomic E-state index is 8.64. The number of nitrogens with two attached hydrogens (primary N) is 1. The van der Waals surface area contributed by atoms with Gasteiger partial charge >= 0.3 is 0 Å². The van der Waals surface area contributed by atoms with E-state index in [1.54, 1.807) is 0 Å². The first-order chi connectivity index (χ1) is 5.54. The van der Waals surface area contributed by atoms with Crippen molar-refractivity contribution in [2.24, 2.45) is 5.73 Å². The number of aliphatic hydroxyl groups is 2. The van der Waals surface area contributed by atoms with Gasteiger partial charge in [0.15, 0.2) is 6.29 Å². The second-order valence-corrected chi connectivity index (χ2v) is 3.33. The zero-order valence-corrected chi connectivity index (χ0v) is 7.83. The van der Waals surface area contributed by atoms with Gasteiger partial charge in [0.05, 0.1) is 6.04 Å². The Morgan fingerprint density at radius 3 is 2.33 bits per heavy atom. The molecule has 0 bridgehead atoms. The quantitative estimate of drug-likeness (QED) is 0.322. The molecule has 5 N–H and O–H groups in total. The van der Waals surface area contributed by atoms with Crippen molar-refractivity contribution >= 4 is 0 Å². The molecule has 0 radical (unpaired) electrons. The van der Waals surface area contributed by atoms with Crippen molar-refractivity contribution in [1.82, 2.24) is 5.32 Å². The number of hydrogen-bond acceptors (Lipinski definition) is 4. The third kappa shape index (κ3) is 6.54. The Morgan fingerprint density at radius 2 is 1.92 bits per heavy atom. The molecule has 12 heavy (non-hydrogen) atoms. The molecule has 0 fully saturated rings. The van der Waals surface area contributed by atoms with E-state index in [-0.39, 0.29) is 0 Å². The molecule has 0 aromatic carbocycles. The molecule has 0 saturated carbocycles. The van der Waals surface area contributed by atoms with Crippen molar-refractivity contribution in [2.45, 2.75) is 45.1 Å². The van der Waals surface area contributed by atoms with Gasteiger partial charge in [0, 0.05) is 6.04 Å². The van der Waals surface area contributed by atoms with Crippen LogP contribution < -0.4 is 11.1 Å². The van der Waals surface area contributed by atoms with Gasteiger partial charge in [0.25, 0.3) is 0 Å². The van der Waals surface area contributed by atoms with E-state index in [4.69, 9.17) is 15.9 Å². The molecule has 1 atom stereocenters. The van der Waals surface area contributed by atoms with Crippen LogP contribution in [0.3, 0.4) is 0 Å². The van der Waals surface area contributed by atoms with Crippen LogP contribution in [0.4, 0.5) is 0 Å². The van der Waals surface area contributed by atoms with E-state index in [0.29, 0.717) is 12.5 Å². The molecule has 0 aliphatic carbocycles. The van der Waals surface area contributed by atoms with Crippen LogP contribution in [0.15, 0.2) is 0 Å². The minimum Gasteiger partial charge on any atom is -0.367 e. The molecule has 0 rings (SSSR count). The summed E-state index contributed by atoms with van der Waals surface area (Å²) in [5.41, 5.74) is 5.41. The average molecular weight is 176 g/mol. The van der Waals surface area contributed by atoms with Crippen LogP contribution in [-0.4, -0.2) is 35.1 Å². The molecular formula is C8H20N2O2. The maximum atomic E-state index is 8.64. The average Bonchev–Trinajstić information content (AvgIpc) is 1.97. The molecule has 0 saturated heterocycles. The van der Waals surface area contributed by atoms with Crippen LogP contribution in [-0.2, 0) is 0 Å². The summed E-state index contributed by atoms with van der Waals surface area (Å²) in [6.07, 6.45) is 0.123. The van der Waals surface area contributed by atoms with Gasteiger partial charge in [0.2, 0.25) is 0 Å². The summed E-state index contributed by atoms with van der Waals surface area (Å²) in [7, 11) is 0. The monoisotopic (exact) mass is 176 g/mol. The van der Waals surface area contributed by atoms with Crippen LogP contribution in [0.5, 0.6) is 0 Å². The van der Waals surface area contributed by atoms with Gasteiger partial charge < -0.3 is 21.3 Å². The molecule has 0 aromatic rings. The number of rotatable bonds is 6. The van der Waals surface area contributed by atoms with Crippen LogP contribution in [0, 0.1) is 0 Å². The molecule has 74 valence electrons. The lowest BCUT2D eigenvalue weighted by Crippen LogP contribution is -2.35. The SMILES string of the molecule is CC(C)NCCC[C@@H](N)C(O)O. The molecule has 0 aliphatic rings. The summed E-state index contributed by atoms with van der Waals surface area (Å²) < 4.78 is 0. The van der Waals surface area contributed by atoms with Crippen LogP contribution >= 0.6 is 0 Å². The summed E-state index contributed by atoms with van der Waals surface area (Å²) in [5, 5.41) is 20.5. The van der Waals surface area contributed by atoms with E-state index in [1.165, 1.54) is 0 Å². The molecular weight excluding hydrogens is 156 g/mol. The fourth-order valence-electron chi connectivity index (χ4n) is 0.878. The van der Waals surface area contributed by atoms with E-state index in [1.807, 2.05) is 0 Å². The van der Waals surface area contributed by atoms with E-state index in [9.17, 15) is 0 Å². The Labute approximate surface area is 73.8 Å². The Bertz CT molecular complexity index is 107. The first-order valence-corrected chi connectivity index (χ1v) is 4.39. The Morgan fingerprint density at radius 1 is 1.33 bits per heavy atom. The number of aliphatic hydroxyl groups excluding tert-OH is 1. The summed E-state index contributed by atoms with van der Waals surface area (Å²) in [6, 6.07) is -0.0424. The van der Waals surface area contributed by atoms with Gasteiger partial charge in [-0.1, -0.05) is 13.8 Å². The van der Waals surface area contributed by atoms with Gasteiger partial charge in [-0.25, -0.2) is 0 Å². The third-order valence-corrected chi connectivity index (χ3v) is 1.65. The first kappa shape index (κ1) is 11.8. The van der Waals surface area contributed by atoms with E-state index in [2.05, 4.69) is 19.2 Å². The minimum atomic E-state index is -1.39. The summed E-state index contributed by atoms with van der Waals surface area (Å²) in [6.45, 7) is 5.01. The summed E-state index contributed by atoms with van der Waals surface area (Å²) in [5.74, 6) is 0. The molecule has 4 nitrogen and oxygen atoms in total. The molecule has 0 aliphatic heterocycles. The second-order valence-electron chi connectivity index (χ2n) is 3.33. The Hall–Kier alpha value is -0.160. The van der Waals surface area contributed by atoms with E-state index in [0.717, 1.165) is 13.0 Å². The highest BCUT2D eigenvalue weighted by molar-refractivity contribution is 4.64. The number of hydrogen-bond donors (Lipinski definition) is 4. The van der Waals surface area contributed by atoms with Gasteiger partial charge in [-0.2, -0.15) is 0 Å². The molecule has 0 aromatic heterocycles. The Kier molecular flexibility index (Phi) is 6.28. The normalized spacial score (nSPS) is 14.2. The summed E-state index contributed by atoms with van der Waals surface area (Å²) in [4.78, 5) is 0. The van der Waals surface area contributed by atoms with Gasteiger partial charge in [-0.15, -0.1) is 0 Å². The molecule has 4 heteroatoms. The smallest absolute Gasteiger partial charge is 0.166 e. The van der Waals surface area contributed by atoms with Crippen LogP contribution in [0.1, 0.15) is 26.7 Å². The lowest BCUT2D eigenvalue weighted by atomic mass is 10.1. The fourth-order valence-corrected chi connectivity index (χ4v) is 0.878. The molecule has 0 amide bonds. The van der Waals surface area contributed by atoms with Crippen LogP contribution in [0.25, 0.3) is 0 Å². The highest BCUT2D eigenvalue weighted by atomic mass is 16.5. The minimum absolute atomic E-state index is 0.472. The van der Waals surface area contributed by atoms with Gasteiger partial charge in [-0.05, 0) is 19.4 Å². The van der Waals surface area contributed by atoms with Crippen molar-refractivity contribution in [1.29, 1.82) is 0 Å². The zero-order valence-electron chi connectivity index (χ0n) is 7.83. The highest BCUT2D eigenvalue weighted by Crippen LogP contribution is 1.96. The largest absolute Gasteiger partial charge is 0.367 e. The predicted molar refractivity (Wildman–Crippen MR) is 48.6 cm³/mol. The first-order valence-electron chi connectivity index (χ1n) is 4.39. The molecule has 0 unspecified atom stereocenters. The lowest BCUT2D eigenvalue weighted by Gasteiger charge is -2.14. The van der Waals surface area contributed by atoms with Crippen molar-refractivity contribution in [2.75, 3.05) is 6.54 Å². The van der Waals surface area contributed by atoms with Crippen molar-refractivity contribution in [3.63, 3.8) is 0 Å².